The molecular formula is C29H26F3N3O3S. The summed E-state index contributed by atoms with van der Waals surface area (Å²) in [6.07, 6.45) is -0.280. The van der Waals surface area contributed by atoms with Gasteiger partial charge in [0.2, 0.25) is 5.91 Å². The fourth-order valence-corrected chi connectivity index (χ4v) is 5.71. The molecule has 0 saturated carbocycles. The molecule has 1 fully saturated rings. The Kier molecular flexibility index (Phi) is 6.84. The highest BCUT2D eigenvalue weighted by Gasteiger charge is 2.36. The number of sulfone groups is 1. The Balaban J connectivity index is 1.62. The molecule has 4 aromatic rings. The maximum absolute atomic E-state index is 14.0. The number of halogens is 3. The van der Waals surface area contributed by atoms with Crippen molar-refractivity contribution >= 4 is 15.7 Å². The van der Waals surface area contributed by atoms with E-state index in [0.29, 0.717) is 29.9 Å². The van der Waals surface area contributed by atoms with Gasteiger partial charge in [0.25, 0.3) is 0 Å². The van der Waals surface area contributed by atoms with Crippen LogP contribution in [0.1, 0.15) is 37.1 Å². The molecule has 0 N–H and O–H groups in total. The Morgan fingerprint density at radius 2 is 1.69 bits per heavy atom. The Morgan fingerprint density at radius 1 is 0.974 bits per heavy atom. The van der Waals surface area contributed by atoms with E-state index in [9.17, 15) is 26.4 Å². The van der Waals surface area contributed by atoms with Crippen molar-refractivity contribution in [3.05, 3.63) is 90.3 Å². The lowest BCUT2D eigenvalue weighted by Gasteiger charge is -2.21. The first-order valence-electron chi connectivity index (χ1n) is 12.4. The monoisotopic (exact) mass is 553 g/mol. The van der Waals surface area contributed by atoms with Gasteiger partial charge in [0, 0.05) is 37.2 Å². The van der Waals surface area contributed by atoms with E-state index < -0.39 is 21.6 Å². The van der Waals surface area contributed by atoms with Gasteiger partial charge < -0.3 is 4.90 Å². The van der Waals surface area contributed by atoms with E-state index in [0.717, 1.165) is 24.3 Å². The Labute approximate surface area is 224 Å². The zero-order valence-electron chi connectivity index (χ0n) is 21.3. The summed E-state index contributed by atoms with van der Waals surface area (Å²) in [5.41, 5.74) is 1.69. The summed E-state index contributed by atoms with van der Waals surface area (Å²) in [6, 6.07) is 18.6. The number of rotatable bonds is 5. The number of likely N-dealkylation sites (tertiary alicyclic amines) is 1. The molecule has 1 amide bonds. The molecule has 0 bridgehead atoms. The smallest absolute Gasteiger partial charge is 0.334 e. The molecule has 202 valence electrons. The first-order valence-corrected chi connectivity index (χ1v) is 14.3. The van der Waals surface area contributed by atoms with Crippen LogP contribution in [0.4, 0.5) is 13.2 Å². The average molecular weight is 554 g/mol. The zero-order chi connectivity index (χ0) is 27.9. The summed E-state index contributed by atoms with van der Waals surface area (Å²) in [4.78, 5) is 18.8. The van der Waals surface area contributed by atoms with Crippen molar-refractivity contribution < 1.29 is 26.4 Å². The lowest BCUT2D eigenvalue weighted by molar-refractivity contribution is -0.137. The summed E-state index contributed by atoms with van der Waals surface area (Å²) < 4.78 is 67.5. The van der Waals surface area contributed by atoms with Gasteiger partial charge in [0.1, 0.15) is 5.82 Å². The molecule has 1 aliphatic heterocycles. The summed E-state index contributed by atoms with van der Waals surface area (Å²) >= 11 is 0. The van der Waals surface area contributed by atoms with Crippen LogP contribution >= 0.6 is 0 Å². The molecule has 1 atom stereocenters. The number of alkyl halides is 3. The number of amides is 1. The van der Waals surface area contributed by atoms with Gasteiger partial charge in [-0.05, 0) is 54.3 Å². The molecule has 1 unspecified atom stereocenters. The van der Waals surface area contributed by atoms with Gasteiger partial charge in [0.05, 0.1) is 22.2 Å². The molecule has 1 aliphatic rings. The molecule has 0 spiro atoms. The molecule has 0 aliphatic carbocycles. The van der Waals surface area contributed by atoms with E-state index in [-0.39, 0.29) is 28.2 Å². The van der Waals surface area contributed by atoms with Crippen LogP contribution in [-0.4, -0.2) is 41.6 Å². The minimum atomic E-state index is -4.58. The quantitative estimate of drug-likeness (QED) is 0.290. The maximum atomic E-state index is 14.0. The molecule has 0 radical (unpaired) electrons. The van der Waals surface area contributed by atoms with Crippen LogP contribution in [-0.2, 0) is 20.8 Å². The van der Waals surface area contributed by atoms with Gasteiger partial charge in [-0.3, -0.25) is 9.36 Å². The van der Waals surface area contributed by atoms with Crippen LogP contribution in [0.2, 0.25) is 0 Å². The fourth-order valence-electron chi connectivity index (χ4n) is 5.04. The first kappa shape index (κ1) is 26.7. The second-order valence-electron chi connectivity index (χ2n) is 9.62. The second-order valence-corrected chi connectivity index (χ2v) is 11.6. The first-order chi connectivity index (χ1) is 18.4. The van der Waals surface area contributed by atoms with Gasteiger partial charge in [-0.2, -0.15) is 13.2 Å². The van der Waals surface area contributed by atoms with E-state index in [2.05, 4.69) is 4.98 Å². The van der Waals surface area contributed by atoms with Gasteiger partial charge in [-0.25, -0.2) is 13.4 Å². The largest absolute Gasteiger partial charge is 0.417 e. The molecular weight excluding hydrogens is 527 g/mol. The number of nitrogens with zero attached hydrogens (tertiary/aromatic N) is 3. The van der Waals surface area contributed by atoms with E-state index in [1.54, 1.807) is 64.2 Å². The van der Waals surface area contributed by atoms with Crippen molar-refractivity contribution in [2.75, 3.05) is 12.8 Å². The van der Waals surface area contributed by atoms with Crippen LogP contribution in [0.5, 0.6) is 0 Å². The van der Waals surface area contributed by atoms with Crippen LogP contribution < -0.4 is 0 Å². The van der Waals surface area contributed by atoms with Crippen molar-refractivity contribution in [1.29, 1.82) is 0 Å². The van der Waals surface area contributed by atoms with Crippen molar-refractivity contribution in [1.82, 2.24) is 14.5 Å². The van der Waals surface area contributed by atoms with Gasteiger partial charge >= 0.3 is 6.18 Å². The Morgan fingerprint density at radius 3 is 2.36 bits per heavy atom. The number of benzene rings is 3. The molecule has 10 heteroatoms. The van der Waals surface area contributed by atoms with Crippen molar-refractivity contribution in [3.8, 4) is 28.2 Å². The lowest BCUT2D eigenvalue weighted by Crippen LogP contribution is -2.28. The van der Waals surface area contributed by atoms with Gasteiger partial charge in [0.15, 0.2) is 9.84 Å². The molecule has 1 aromatic heterocycles. The van der Waals surface area contributed by atoms with E-state index in [1.807, 2.05) is 0 Å². The number of carbonyl (C=O) groups is 1. The summed E-state index contributed by atoms with van der Waals surface area (Å²) in [7, 11) is -3.39. The highest BCUT2D eigenvalue weighted by atomic mass is 32.2. The molecule has 5 rings (SSSR count). The second kappa shape index (κ2) is 10.00. The normalized spacial score (nSPS) is 16.0. The van der Waals surface area contributed by atoms with Crippen molar-refractivity contribution in [3.63, 3.8) is 0 Å². The molecule has 3 aromatic carbocycles. The summed E-state index contributed by atoms with van der Waals surface area (Å²) in [5.74, 6) is 0.0186. The van der Waals surface area contributed by atoms with Crippen molar-refractivity contribution in [2.24, 2.45) is 0 Å². The molecule has 1 saturated heterocycles. The molecule has 2 heterocycles. The third-order valence-corrected chi connectivity index (χ3v) is 8.05. The minimum absolute atomic E-state index is 0.0615. The number of imidazole rings is 1. The third-order valence-electron chi connectivity index (χ3n) is 6.94. The predicted octanol–water partition coefficient (Wildman–Crippen LogP) is 6.31. The Bertz CT molecular complexity index is 1640. The molecule has 6 nitrogen and oxygen atoms in total. The summed E-state index contributed by atoms with van der Waals surface area (Å²) in [5, 5.41) is 0. The molecule has 39 heavy (non-hydrogen) atoms. The van der Waals surface area contributed by atoms with Crippen LogP contribution in [0, 0.1) is 0 Å². The minimum Gasteiger partial charge on any atom is -0.334 e. The number of aromatic nitrogens is 2. The number of hydrogen-bond acceptors (Lipinski definition) is 4. The van der Waals surface area contributed by atoms with E-state index >= 15 is 0 Å². The number of hydrogen-bond donors (Lipinski definition) is 0. The zero-order valence-corrected chi connectivity index (χ0v) is 22.1. The van der Waals surface area contributed by atoms with Crippen LogP contribution in [0.25, 0.3) is 28.2 Å². The van der Waals surface area contributed by atoms with E-state index in [1.165, 1.54) is 25.1 Å². The highest BCUT2D eigenvalue weighted by molar-refractivity contribution is 7.90. The van der Waals surface area contributed by atoms with Gasteiger partial charge in [-0.15, -0.1) is 0 Å². The average Bonchev–Trinajstić information content (AvgIpc) is 3.56. The third kappa shape index (κ3) is 5.34. The lowest BCUT2D eigenvalue weighted by atomic mass is 10.0. The topological polar surface area (TPSA) is 72.3 Å². The highest BCUT2D eigenvalue weighted by Crippen LogP contribution is 2.39. The predicted molar refractivity (Wildman–Crippen MR) is 142 cm³/mol. The van der Waals surface area contributed by atoms with Crippen molar-refractivity contribution in [2.45, 2.75) is 36.9 Å². The SMILES string of the molecule is CC(=O)N1CCCC1c1cn(-c2ccc(-c3cccc(S(C)(=O)=O)c3)cc2)c(-c2ccccc2C(F)(F)F)n1. The maximum Gasteiger partial charge on any atom is 0.417 e. The fraction of sp³-hybridized carbons (Fsp3) is 0.241. The number of carbonyl (C=O) groups excluding carboxylic acids is 1. The standard InChI is InChI=1S/C29H26F3N3O3S/c1-19(36)34-16-6-11-27(34)26-18-35(28(33-26)24-9-3-4-10-25(24)29(30,31)32)22-14-12-20(13-15-22)21-7-5-8-23(17-21)39(2,37)38/h3-5,7-10,12-15,17-18,27H,6,11,16H2,1-2H3. The van der Waals surface area contributed by atoms with Crippen LogP contribution in [0.3, 0.4) is 0 Å². The van der Waals surface area contributed by atoms with Gasteiger partial charge in [-0.1, -0.05) is 42.5 Å². The Hall–Kier alpha value is -3.92. The van der Waals surface area contributed by atoms with E-state index in [4.69, 9.17) is 0 Å². The van der Waals surface area contributed by atoms with Crippen LogP contribution in [0.15, 0.2) is 83.9 Å². The summed E-state index contributed by atoms with van der Waals surface area (Å²) in [6.45, 7) is 2.05.